The van der Waals surface area contributed by atoms with Crippen molar-refractivity contribution in [2.24, 2.45) is 0 Å². The zero-order chi connectivity index (χ0) is 24.8. The number of hydrogen-bond donors (Lipinski definition) is 3. The van der Waals surface area contributed by atoms with Crippen molar-refractivity contribution >= 4 is 45.9 Å². The number of Topliss-reactive ketones (excluding diaryl/α,β-unsaturated/α-hetero) is 1. The Kier molecular flexibility index (Phi) is 5.30. The molecule has 0 aromatic heterocycles. The molecule has 3 aromatic carbocycles. The van der Waals surface area contributed by atoms with Crippen molar-refractivity contribution in [3.05, 3.63) is 89.1 Å². The number of benzene rings is 3. The van der Waals surface area contributed by atoms with Crippen LogP contribution in [-0.2, 0) is 4.79 Å². The van der Waals surface area contributed by atoms with Crippen molar-refractivity contribution in [2.45, 2.75) is 0 Å². The zero-order valence-corrected chi connectivity index (χ0v) is 19.8. The van der Waals surface area contributed by atoms with E-state index < -0.39 is 0 Å². The minimum atomic E-state index is -0.321. The van der Waals surface area contributed by atoms with E-state index in [-0.39, 0.29) is 23.3 Å². The summed E-state index contributed by atoms with van der Waals surface area (Å²) in [6, 6.07) is 20.0. The number of nitrogens with one attached hydrogen (secondary N) is 3. The fraction of sp³-hybridized carbons (Fsp3) is 0.179. The monoisotopic (exact) mass is 479 g/mol. The number of para-hydroxylation sites is 1. The normalized spacial score (nSPS) is 19.0. The summed E-state index contributed by atoms with van der Waals surface area (Å²) in [5.74, 6) is -0.932. The Morgan fingerprint density at radius 1 is 0.833 bits per heavy atom. The first kappa shape index (κ1) is 22.1. The summed E-state index contributed by atoms with van der Waals surface area (Å²) >= 11 is 0. The molecule has 8 heteroatoms. The van der Waals surface area contributed by atoms with Gasteiger partial charge in [0.25, 0.3) is 11.8 Å². The van der Waals surface area contributed by atoms with Crippen LogP contribution in [0.1, 0.15) is 26.3 Å². The van der Waals surface area contributed by atoms with E-state index >= 15 is 0 Å². The first-order valence-corrected chi connectivity index (χ1v) is 11.9. The van der Waals surface area contributed by atoms with Gasteiger partial charge in [-0.05, 0) is 55.6 Å². The van der Waals surface area contributed by atoms with Crippen molar-refractivity contribution in [1.82, 2.24) is 4.90 Å². The average molecular weight is 480 g/mol. The van der Waals surface area contributed by atoms with Gasteiger partial charge in [-0.2, -0.15) is 0 Å². The molecule has 3 heterocycles. The number of amides is 2. The van der Waals surface area contributed by atoms with Crippen molar-refractivity contribution in [3.63, 3.8) is 0 Å². The molecule has 3 aliphatic heterocycles. The molecular formula is C28H25N5O3. The standard InChI is InChI=1S/C28H25N5O3/c1-32-12-14-33(15-13-32)19-9-7-18(8-10-19)29-27(35)17-6-11-23-21(16-17)26(34)25(30-23)24-20-4-2-3-5-22(20)31-28(24)36/h2-11,16,30H,12-15H2,1H3,(H,29,35)(H,31,36)/b25-24-. The van der Waals surface area contributed by atoms with Crippen molar-refractivity contribution in [3.8, 4) is 0 Å². The average Bonchev–Trinajstić information content (AvgIpc) is 3.39. The van der Waals surface area contributed by atoms with Gasteiger partial charge in [-0.3, -0.25) is 14.4 Å². The number of allylic oxidation sites excluding steroid dienone is 1. The fourth-order valence-electron chi connectivity index (χ4n) is 4.87. The highest BCUT2D eigenvalue weighted by Gasteiger charge is 2.35. The molecule has 3 aromatic rings. The van der Waals surface area contributed by atoms with Gasteiger partial charge in [-0.15, -0.1) is 0 Å². The number of ketones is 1. The van der Waals surface area contributed by atoms with E-state index in [0.29, 0.717) is 39.3 Å². The summed E-state index contributed by atoms with van der Waals surface area (Å²) in [7, 11) is 2.13. The first-order chi connectivity index (χ1) is 17.5. The molecule has 0 spiro atoms. The highest BCUT2D eigenvalue weighted by molar-refractivity contribution is 6.39. The van der Waals surface area contributed by atoms with Gasteiger partial charge >= 0.3 is 0 Å². The van der Waals surface area contributed by atoms with Crippen LogP contribution < -0.4 is 20.9 Å². The molecule has 0 radical (unpaired) electrons. The number of anilines is 4. The highest BCUT2D eigenvalue weighted by atomic mass is 16.2. The Morgan fingerprint density at radius 2 is 1.56 bits per heavy atom. The smallest absolute Gasteiger partial charge is 0.258 e. The van der Waals surface area contributed by atoms with E-state index in [4.69, 9.17) is 0 Å². The van der Waals surface area contributed by atoms with Gasteiger partial charge in [0.2, 0.25) is 5.78 Å². The lowest BCUT2D eigenvalue weighted by Crippen LogP contribution is -2.44. The minimum Gasteiger partial charge on any atom is -0.369 e. The summed E-state index contributed by atoms with van der Waals surface area (Å²) < 4.78 is 0. The molecule has 180 valence electrons. The molecule has 0 bridgehead atoms. The molecule has 0 atom stereocenters. The third kappa shape index (κ3) is 3.81. The summed E-state index contributed by atoms with van der Waals surface area (Å²) in [5, 5.41) is 8.79. The van der Waals surface area contributed by atoms with Crippen molar-refractivity contribution < 1.29 is 14.4 Å². The van der Waals surface area contributed by atoms with Gasteiger partial charge in [0, 0.05) is 65.6 Å². The lowest BCUT2D eigenvalue weighted by Gasteiger charge is -2.34. The van der Waals surface area contributed by atoms with E-state index in [2.05, 4.69) is 32.8 Å². The number of piperazine rings is 1. The molecule has 2 amide bonds. The van der Waals surface area contributed by atoms with Gasteiger partial charge in [0.1, 0.15) is 5.70 Å². The van der Waals surface area contributed by atoms with Gasteiger partial charge < -0.3 is 25.8 Å². The quantitative estimate of drug-likeness (QED) is 0.497. The number of hydrogen-bond acceptors (Lipinski definition) is 6. The molecule has 36 heavy (non-hydrogen) atoms. The van der Waals surface area contributed by atoms with Gasteiger partial charge in [-0.25, -0.2) is 0 Å². The van der Waals surface area contributed by atoms with Crippen LogP contribution in [-0.4, -0.2) is 55.7 Å². The summed E-state index contributed by atoms with van der Waals surface area (Å²) in [6.07, 6.45) is 0. The van der Waals surface area contributed by atoms with E-state index in [9.17, 15) is 14.4 Å². The Balaban J connectivity index is 1.20. The number of carbonyl (C=O) groups is 3. The maximum Gasteiger partial charge on any atom is 0.258 e. The Bertz CT molecular complexity index is 1440. The second kappa shape index (κ2) is 8.66. The molecule has 1 fully saturated rings. The molecule has 8 nitrogen and oxygen atoms in total. The first-order valence-electron chi connectivity index (χ1n) is 11.9. The van der Waals surface area contributed by atoms with Crippen molar-refractivity contribution in [2.75, 3.05) is 54.1 Å². The Morgan fingerprint density at radius 3 is 2.33 bits per heavy atom. The largest absolute Gasteiger partial charge is 0.369 e. The lowest BCUT2D eigenvalue weighted by molar-refractivity contribution is -0.110. The zero-order valence-electron chi connectivity index (χ0n) is 19.8. The van der Waals surface area contributed by atoms with E-state index in [1.54, 1.807) is 30.3 Å². The Labute approximate surface area is 208 Å². The lowest BCUT2D eigenvalue weighted by atomic mass is 10.0. The number of carbonyl (C=O) groups excluding carboxylic acids is 3. The maximum absolute atomic E-state index is 13.2. The topological polar surface area (TPSA) is 93.8 Å². The van der Waals surface area contributed by atoms with E-state index in [1.807, 2.05) is 36.4 Å². The summed E-state index contributed by atoms with van der Waals surface area (Å²) in [4.78, 5) is 43.4. The second-order valence-corrected chi connectivity index (χ2v) is 9.26. The van der Waals surface area contributed by atoms with E-state index in [0.717, 1.165) is 31.9 Å². The van der Waals surface area contributed by atoms with Gasteiger partial charge in [0.05, 0.1) is 5.57 Å². The maximum atomic E-state index is 13.2. The fourth-order valence-corrected chi connectivity index (χ4v) is 4.87. The summed E-state index contributed by atoms with van der Waals surface area (Å²) in [5.41, 5.74) is 5.04. The molecule has 0 saturated carbocycles. The number of rotatable bonds is 3. The highest BCUT2D eigenvalue weighted by Crippen LogP contribution is 2.38. The predicted octanol–water partition coefficient (Wildman–Crippen LogP) is 3.66. The van der Waals surface area contributed by atoms with Gasteiger partial charge in [0.15, 0.2) is 0 Å². The van der Waals surface area contributed by atoms with Crippen LogP contribution in [0.3, 0.4) is 0 Å². The molecule has 6 rings (SSSR count). The molecule has 0 aliphatic carbocycles. The number of nitrogens with zero attached hydrogens (tertiary/aromatic N) is 2. The number of fused-ring (bicyclic) bond motifs is 2. The van der Waals surface area contributed by atoms with Crippen LogP contribution in [0.15, 0.2) is 72.4 Å². The molecule has 1 saturated heterocycles. The predicted molar refractivity (Wildman–Crippen MR) is 140 cm³/mol. The van der Waals surface area contributed by atoms with Crippen molar-refractivity contribution in [1.29, 1.82) is 0 Å². The van der Waals surface area contributed by atoms with Crippen LogP contribution >= 0.6 is 0 Å². The summed E-state index contributed by atoms with van der Waals surface area (Å²) in [6.45, 7) is 4.01. The minimum absolute atomic E-state index is 0.226. The number of likely N-dealkylation sites (N-methyl/N-ethyl adjacent to an activating group) is 1. The Hall–Kier alpha value is -4.43. The molecule has 0 unspecified atom stereocenters. The van der Waals surface area contributed by atoms with Crippen LogP contribution in [0.2, 0.25) is 0 Å². The SMILES string of the molecule is CN1CCN(c2ccc(NC(=O)c3ccc4c(c3)C(=O)/C(=C3/C(=O)Nc5ccccc53)N4)cc2)CC1. The third-order valence-electron chi connectivity index (χ3n) is 6.93. The van der Waals surface area contributed by atoms with Crippen LogP contribution in [0.4, 0.5) is 22.7 Å². The van der Waals surface area contributed by atoms with E-state index in [1.165, 1.54) is 0 Å². The van der Waals surface area contributed by atoms with Crippen LogP contribution in [0, 0.1) is 0 Å². The third-order valence-corrected chi connectivity index (χ3v) is 6.93. The van der Waals surface area contributed by atoms with Gasteiger partial charge in [-0.1, -0.05) is 18.2 Å². The van der Waals surface area contributed by atoms with Crippen LogP contribution in [0.5, 0.6) is 0 Å². The molecule has 3 N–H and O–H groups in total. The molecule has 3 aliphatic rings. The van der Waals surface area contributed by atoms with Crippen LogP contribution in [0.25, 0.3) is 5.57 Å². The second-order valence-electron chi connectivity index (χ2n) is 9.26. The molecular weight excluding hydrogens is 454 g/mol.